The Kier molecular flexibility index (Phi) is 6.49. The topological polar surface area (TPSA) is 61.8 Å². The highest BCUT2D eigenvalue weighted by Gasteiger charge is 2.32. The van der Waals surface area contributed by atoms with Crippen LogP contribution in [0.3, 0.4) is 0 Å². The summed E-state index contributed by atoms with van der Waals surface area (Å²) in [5.41, 5.74) is 1.19. The number of benzene rings is 1. The van der Waals surface area contributed by atoms with E-state index >= 15 is 0 Å². The number of carbonyl (C=O) groups excluding carboxylic acids is 2. The second kappa shape index (κ2) is 8.59. The molecule has 1 aliphatic rings. The summed E-state index contributed by atoms with van der Waals surface area (Å²) in [6.07, 6.45) is 1.22. The molecule has 128 valence electrons. The van der Waals surface area contributed by atoms with Gasteiger partial charge in [-0.3, -0.25) is 4.79 Å². The van der Waals surface area contributed by atoms with Crippen LogP contribution in [0, 0.1) is 0 Å². The molecule has 1 aliphatic heterocycles. The average molecular weight is 348 g/mol. The van der Waals surface area contributed by atoms with Gasteiger partial charge in [-0.2, -0.15) is 0 Å². The lowest BCUT2D eigenvalue weighted by Crippen LogP contribution is -2.04. The Balaban J connectivity index is 2.31. The zero-order valence-corrected chi connectivity index (χ0v) is 14.8. The van der Waals surface area contributed by atoms with Gasteiger partial charge >= 0.3 is 5.97 Å². The van der Waals surface area contributed by atoms with E-state index in [0.29, 0.717) is 28.8 Å². The molecule has 1 heterocycles. The molecule has 0 aliphatic carbocycles. The summed E-state index contributed by atoms with van der Waals surface area (Å²) in [6.45, 7) is 6.75. The number of hydrogen-bond donors (Lipinski definition) is 0. The SMILES string of the molecule is CCOC(=O)C=C1SC(OCC)=C(c2ccc(OCC)cc2)C1=O. The maximum Gasteiger partial charge on any atom is 0.332 e. The normalized spacial score (nSPS) is 15.8. The highest BCUT2D eigenvalue weighted by atomic mass is 32.2. The minimum Gasteiger partial charge on any atom is -0.494 e. The molecule has 1 aromatic carbocycles. The minimum absolute atomic E-state index is 0.235. The number of thioether (sulfide) groups is 1. The molecule has 0 saturated heterocycles. The molecule has 6 heteroatoms. The third-order valence-electron chi connectivity index (χ3n) is 3.12. The Bertz CT molecular complexity index is 673. The van der Waals surface area contributed by atoms with Gasteiger partial charge in [-0.05, 0) is 50.2 Å². The van der Waals surface area contributed by atoms with Crippen molar-refractivity contribution >= 4 is 29.1 Å². The number of esters is 1. The first-order valence-corrected chi connectivity index (χ1v) is 8.63. The van der Waals surface area contributed by atoms with Gasteiger partial charge in [-0.15, -0.1) is 0 Å². The zero-order valence-electron chi connectivity index (χ0n) is 14.0. The van der Waals surface area contributed by atoms with Gasteiger partial charge in [0.2, 0.25) is 5.78 Å². The van der Waals surface area contributed by atoms with Crippen molar-refractivity contribution < 1.29 is 23.8 Å². The number of carbonyl (C=O) groups is 2. The molecule has 0 fully saturated rings. The van der Waals surface area contributed by atoms with E-state index in [1.807, 2.05) is 26.0 Å². The first kappa shape index (κ1) is 18.1. The van der Waals surface area contributed by atoms with Gasteiger partial charge in [0.25, 0.3) is 0 Å². The number of allylic oxidation sites excluding steroid dienone is 2. The van der Waals surface area contributed by atoms with Crippen LogP contribution in [0.2, 0.25) is 0 Å². The summed E-state index contributed by atoms with van der Waals surface area (Å²) in [5, 5.41) is 0.502. The van der Waals surface area contributed by atoms with E-state index in [4.69, 9.17) is 14.2 Å². The first-order valence-electron chi connectivity index (χ1n) is 7.81. The molecule has 0 aromatic heterocycles. The van der Waals surface area contributed by atoms with Crippen molar-refractivity contribution in [1.29, 1.82) is 0 Å². The second-order valence-electron chi connectivity index (χ2n) is 4.74. The summed E-state index contributed by atoms with van der Waals surface area (Å²) in [7, 11) is 0. The fraction of sp³-hybridized carbons (Fsp3) is 0.333. The van der Waals surface area contributed by atoms with Crippen LogP contribution in [0.5, 0.6) is 5.75 Å². The van der Waals surface area contributed by atoms with E-state index in [9.17, 15) is 9.59 Å². The van der Waals surface area contributed by atoms with Crippen LogP contribution in [0.4, 0.5) is 0 Å². The maximum absolute atomic E-state index is 12.7. The van der Waals surface area contributed by atoms with Crippen LogP contribution >= 0.6 is 11.8 Å². The Morgan fingerprint density at radius 1 is 1.04 bits per heavy atom. The molecule has 0 saturated carbocycles. The lowest BCUT2D eigenvalue weighted by molar-refractivity contribution is -0.137. The first-order chi connectivity index (χ1) is 11.6. The summed E-state index contributed by atoms with van der Waals surface area (Å²) in [4.78, 5) is 24.6. The van der Waals surface area contributed by atoms with Gasteiger partial charge in [-0.25, -0.2) is 4.79 Å². The summed E-state index contributed by atoms with van der Waals surface area (Å²) < 4.78 is 15.9. The number of Topliss-reactive ketones (excluding diaryl/α,β-unsaturated/α-hetero) is 1. The van der Waals surface area contributed by atoms with Crippen molar-refractivity contribution in [3.05, 3.63) is 45.9 Å². The molecule has 0 unspecified atom stereocenters. The van der Waals surface area contributed by atoms with Crippen LogP contribution in [-0.2, 0) is 19.1 Å². The Morgan fingerprint density at radius 3 is 2.29 bits per heavy atom. The van der Waals surface area contributed by atoms with E-state index in [1.54, 1.807) is 19.1 Å². The smallest absolute Gasteiger partial charge is 0.332 e. The lowest BCUT2D eigenvalue weighted by atomic mass is 10.0. The van der Waals surface area contributed by atoms with E-state index in [0.717, 1.165) is 23.1 Å². The molecule has 0 atom stereocenters. The fourth-order valence-corrected chi connectivity index (χ4v) is 3.20. The Labute approximate surface area is 145 Å². The van der Waals surface area contributed by atoms with Gasteiger partial charge in [-0.1, -0.05) is 12.1 Å². The van der Waals surface area contributed by atoms with Gasteiger partial charge in [0.05, 0.1) is 30.3 Å². The molecule has 0 radical (unpaired) electrons. The number of hydrogen-bond acceptors (Lipinski definition) is 6. The second-order valence-corrected chi connectivity index (χ2v) is 5.76. The average Bonchev–Trinajstić information content (AvgIpc) is 2.85. The zero-order chi connectivity index (χ0) is 17.5. The molecule has 24 heavy (non-hydrogen) atoms. The fourth-order valence-electron chi connectivity index (χ4n) is 2.17. The largest absolute Gasteiger partial charge is 0.494 e. The van der Waals surface area contributed by atoms with Crippen molar-refractivity contribution in [3.8, 4) is 5.75 Å². The highest BCUT2D eigenvalue weighted by Crippen LogP contribution is 2.43. The Morgan fingerprint density at radius 2 is 1.71 bits per heavy atom. The quantitative estimate of drug-likeness (QED) is 0.555. The van der Waals surface area contributed by atoms with Gasteiger partial charge in [0.1, 0.15) is 5.75 Å². The molecule has 0 amide bonds. The molecular formula is C18H20O5S. The molecule has 0 spiro atoms. The molecule has 0 N–H and O–H groups in total. The third kappa shape index (κ3) is 4.20. The Hall–Kier alpha value is -2.21. The van der Waals surface area contributed by atoms with Crippen LogP contribution < -0.4 is 4.74 Å². The molecule has 0 bridgehead atoms. The van der Waals surface area contributed by atoms with E-state index < -0.39 is 5.97 Å². The number of rotatable bonds is 7. The number of ketones is 1. The van der Waals surface area contributed by atoms with Crippen molar-refractivity contribution in [3.63, 3.8) is 0 Å². The standard InChI is InChI=1S/C18H20O5S/c1-4-21-13-9-7-12(8-10-13)16-17(20)14(11-15(19)22-5-2)24-18(16)23-6-3/h7-11H,4-6H2,1-3H3. The monoisotopic (exact) mass is 348 g/mol. The predicted molar refractivity (Wildman–Crippen MR) is 93.5 cm³/mol. The molecule has 2 rings (SSSR count). The molecule has 1 aromatic rings. The van der Waals surface area contributed by atoms with E-state index in [2.05, 4.69) is 0 Å². The minimum atomic E-state index is -0.530. The van der Waals surface area contributed by atoms with E-state index in [1.165, 1.54) is 6.08 Å². The predicted octanol–water partition coefficient (Wildman–Crippen LogP) is 3.55. The van der Waals surface area contributed by atoms with E-state index in [-0.39, 0.29) is 12.4 Å². The summed E-state index contributed by atoms with van der Waals surface area (Å²) in [6, 6.07) is 7.23. The van der Waals surface area contributed by atoms with Crippen molar-refractivity contribution in [1.82, 2.24) is 0 Å². The molecular weight excluding hydrogens is 328 g/mol. The maximum atomic E-state index is 12.7. The van der Waals surface area contributed by atoms with Crippen molar-refractivity contribution in [2.75, 3.05) is 19.8 Å². The third-order valence-corrected chi connectivity index (χ3v) is 4.15. The number of ether oxygens (including phenoxy) is 3. The highest BCUT2D eigenvalue weighted by molar-refractivity contribution is 8.08. The van der Waals surface area contributed by atoms with Crippen LogP contribution in [-0.4, -0.2) is 31.6 Å². The van der Waals surface area contributed by atoms with Crippen LogP contribution in [0.1, 0.15) is 26.3 Å². The summed E-state index contributed by atoms with van der Waals surface area (Å²) >= 11 is 1.15. The van der Waals surface area contributed by atoms with Crippen molar-refractivity contribution in [2.24, 2.45) is 0 Å². The van der Waals surface area contributed by atoms with Gasteiger partial charge < -0.3 is 14.2 Å². The molecule has 5 nitrogen and oxygen atoms in total. The van der Waals surface area contributed by atoms with Gasteiger partial charge in [0, 0.05) is 6.08 Å². The van der Waals surface area contributed by atoms with Crippen LogP contribution in [0.15, 0.2) is 40.3 Å². The summed E-state index contributed by atoms with van der Waals surface area (Å²) in [5.74, 6) is -0.0296. The van der Waals surface area contributed by atoms with Gasteiger partial charge in [0.15, 0.2) is 5.09 Å². The van der Waals surface area contributed by atoms with Crippen molar-refractivity contribution in [2.45, 2.75) is 20.8 Å². The van der Waals surface area contributed by atoms with Crippen LogP contribution in [0.25, 0.3) is 5.57 Å². The lowest BCUT2D eigenvalue weighted by Gasteiger charge is -2.07.